The van der Waals surface area contributed by atoms with Gasteiger partial charge in [-0.15, -0.1) is 0 Å². The van der Waals surface area contributed by atoms with Crippen molar-refractivity contribution in [3.05, 3.63) is 46.2 Å². The highest BCUT2D eigenvalue weighted by molar-refractivity contribution is 6.32. The molecule has 0 radical (unpaired) electrons. The van der Waals surface area contributed by atoms with Gasteiger partial charge in [0.1, 0.15) is 5.75 Å². The molecule has 1 fully saturated rings. The molecule has 25 heavy (non-hydrogen) atoms. The first-order valence-corrected chi connectivity index (χ1v) is 9.14. The highest BCUT2D eigenvalue weighted by atomic mass is 35.5. The second-order valence-corrected chi connectivity index (χ2v) is 7.57. The quantitative estimate of drug-likeness (QED) is 0.912. The third-order valence-electron chi connectivity index (χ3n) is 5.54. The normalized spacial score (nSPS) is 23.0. The predicted molar refractivity (Wildman–Crippen MR) is 99.0 cm³/mol. The molecule has 132 valence electrons. The number of aromatic nitrogens is 2. The van der Waals surface area contributed by atoms with E-state index >= 15 is 0 Å². The van der Waals surface area contributed by atoms with Crippen LogP contribution in [0.1, 0.15) is 36.1 Å². The Morgan fingerprint density at radius 2 is 2.24 bits per heavy atom. The standard InChI is InChI=1S/C19H23ClN4O/c1-25-16-4-3-13(9-15(16)20)11-24-8-2-6-19(12-24)7-5-14-10-22-18(21)23-17(14)19/h3-4,9-10H,2,5-8,11-12H2,1H3,(H2,21,22,23). The van der Waals surface area contributed by atoms with Gasteiger partial charge in [-0.3, -0.25) is 4.90 Å². The molecule has 1 aromatic carbocycles. The molecule has 1 unspecified atom stereocenters. The molecule has 4 rings (SSSR count). The molecule has 0 saturated carbocycles. The maximum Gasteiger partial charge on any atom is 0.220 e. The van der Waals surface area contributed by atoms with E-state index in [-0.39, 0.29) is 5.41 Å². The van der Waals surface area contributed by atoms with Crippen LogP contribution in [0.3, 0.4) is 0 Å². The summed E-state index contributed by atoms with van der Waals surface area (Å²) in [5.41, 5.74) is 9.64. The number of likely N-dealkylation sites (tertiary alicyclic amines) is 1. The molecule has 1 saturated heterocycles. The lowest BCUT2D eigenvalue weighted by Gasteiger charge is -2.40. The van der Waals surface area contributed by atoms with Crippen LogP contribution in [0.15, 0.2) is 24.4 Å². The van der Waals surface area contributed by atoms with E-state index in [0.29, 0.717) is 11.0 Å². The number of ether oxygens (including phenoxy) is 1. The minimum Gasteiger partial charge on any atom is -0.495 e. The van der Waals surface area contributed by atoms with Crippen LogP contribution in [0, 0.1) is 0 Å². The number of benzene rings is 1. The third kappa shape index (κ3) is 3.07. The van der Waals surface area contributed by atoms with E-state index in [2.05, 4.69) is 20.9 Å². The number of methoxy groups -OCH3 is 1. The molecule has 2 aromatic rings. The average Bonchev–Trinajstić information content (AvgIpc) is 2.93. The van der Waals surface area contributed by atoms with Crippen LogP contribution in [0.25, 0.3) is 0 Å². The summed E-state index contributed by atoms with van der Waals surface area (Å²) in [7, 11) is 1.64. The lowest BCUT2D eigenvalue weighted by atomic mass is 9.77. The number of hydrogen-bond donors (Lipinski definition) is 1. The Morgan fingerprint density at radius 3 is 3.04 bits per heavy atom. The summed E-state index contributed by atoms with van der Waals surface area (Å²) < 4.78 is 5.24. The minimum atomic E-state index is 0.126. The van der Waals surface area contributed by atoms with Crippen LogP contribution >= 0.6 is 11.6 Å². The van der Waals surface area contributed by atoms with E-state index in [1.165, 1.54) is 29.7 Å². The topological polar surface area (TPSA) is 64.3 Å². The number of rotatable bonds is 3. The molecule has 2 heterocycles. The van der Waals surface area contributed by atoms with Crippen LogP contribution in [-0.4, -0.2) is 35.1 Å². The second kappa shape index (κ2) is 6.46. The van der Waals surface area contributed by atoms with Gasteiger partial charge in [-0.05, 0) is 55.5 Å². The van der Waals surface area contributed by atoms with E-state index in [4.69, 9.17) is 22.1 Å². The van der Waals surface area contributed by atoms with Gasteiger partial charge in [0.05, 0.1) is 17.8 Å². The van der Waals surface area contributed by atoms with E-state index in [9.17, 15) is 0 Å². The number of hydrogen-bond acceptors (Lipinski definition) is 5. The van der Waals surface area contributed by atoms with Gasteiger partial charge >= 0.3 is 0 Å². The van der Waals surface area contributed by atoms with Gasteiger partial charge in [-0.1, -0.05) is 17.7 Å². The van der Waals surface area contributed by atoms with Crippen LogP contribution in [-0.2, 0) is 18.4 Å². The van der Waals surface area contributed by atoms with Crippen LogP contribution in [0.2, 0.25) is 5.02 Å². The van der Waals surface area contributed by atoms with Gasteiger partial charge in [-0.25, -0.2) is 9.97 Å². The zero-order chi connectivity index (χ0) is 17.4. The largest absolute Gasteiger partial charge is 0.495 e. The van der Waals surface area contributed by atoms with Gasteiger partial charge in [0.15, 0.2) is 0 Å². The van der Waals surface area contributed by atoms with Crippen molar-refractivity contribution in [2.75, 3.05) is 25.9 Å². The number of halogens is 1. The van der Waals surface area contributed by atoms with Crippen molar-refractivity contribution in [1.29, 1.82) is 0 Å². The van der Waals surface area contributed by atoms with Crippen molar-refractivity contribution in [2.24, 2.45) is 0 Å². The Morgan fingerprint density at radius 1 is 1.36 bits per heavy atom. The summed E-state index contributed by atoms with van der Waals surface area (Å²) in [5, 5.41) is 0.665. The van der Waals surface area contributed by atoms with Crippen molar-refractivity contribution in [3.63, 3.8) is 0 Å². The summed E-state index contributed by atoms with van der Waals surface area (Å²) >= 11 is 6.28. The molecule has 5 nitrogen and oxygen atoms in total. The SMILES string of the molecule is COc1ccc(CN2CCCC3(CCc4cnc(N)nc43)C2)cc1Cl. The number of nitrogens with zero attached hydrogens (tertiary/aromatic N) is 3. The van der Waals surface area contributed by atoms with Gasteiger partial charge in [0.2, 0.25) is 5.95 Å². The zero-order valence-corrected chi connectivity index (χ0v) is 15.2. The molecular weight excluding hydrogens is 336 g/mol. The van der Waals surface area contributed by atoms with Crippen molar-refractivity contribution >= 4 is 17.5 Å². The summed E-state index contributed by atoms with van der Waals surface area (Å²) in [6, 6.07) is 6.04. The Bertz CT molecular complexity index is 793. The number of nitrogen functional groups attached to an aromatic ring is 1. The molecule has 0 bridgehead atoms. The Balaban J connectivity index is 1.55. The fraction of sp³-hybridized carbons (Fsp3) is 0.474. The van der Waals surface area contributed by atoms with E-state index in [0.717, 1.165) is 38.2 Å². The monoisotopic (exact) mass is 358 g/mol. The number of piperidine rings is 1. The molecule has 1 spiro atoms. The number of aryl methyl sites for hydroxylation is 1. The van der Waals surface area contributed by atoms with Gasteiger partial charge in [0.25, 0.3) is 0 Å². The number of anilines is 1. The second-order valence-electron chi connectivity index (χ2n) is 7.17. The molecular formula is C19H23ClN4O. The highest BCUT2D eigenvalue weighted by Gasteiger charge is 2.43. The third-order valence-corrected chi connectivity index (χ3v) is 5.83. The fourth-order valence-corrected chi connectivity index (χ4v) is 4.66. The lowest BCUT2D eigenvalue weighted by molar-refractivity contribution is 0.137. The van der Waals surface area contributed by atoms with Crippen LogP contribution in [0.5, 0.6) is 5.75 Å². The zero-order valence-electron chi connectivity index (χ0n) is 14.5. The maximum atomic E-state index is 6.28. The fourth-order valence-electron chi connectivity index (χ4n) is 4.38. The molecule has 0 amide bonds. The molecule has 2 aliphatic rings. The Kier molecular flexibility index (Phi) is 4.29. The first-order chi connectivity index (χ1) is 12.1. The van der Waals surface area contributed by atoms with Crippen molar-refractivity contribution in [3.8, 4) is 5.75 Å². The van der Waals surface area contributed by atoms with Crippen LogP contribution < -0.4 is 10.5 Å². The molecule has 2 N–H and O–H groups in total. The average molecular weight is 359 g/mol. The minimum absolute atomic E-state index is 0.126. The Labute approximate surface area is 153 Å². The molecule has 1 aliphatic carbocycles. The van der Waals surface area contributed by atoms with Crippen molar-refractivity contribution < 1.29 is 4.74 Å². The van der Waals surface area contributed by atoms with Gasteiger partial charge < -0.3 is 10.5 Å². The van der Waals surface area contributed by atoms with Crippen molar-refractivity contribution in [1.82, 2.24) is 14.9 Å². The van der Waals surface area contributed by atoms with E-state index in [1.807, 2.05) is 18.3 Å². The smallest absolute Gasteiger partial charge is 0.220 e. The first-order valence-electron chi connectivity index (χ1n) is 8.76. The molecule has 1 aromatic heterocycles. The van der Waals surface area contributed by atoms with E-state index in [1.54, 1.807) is 7.11 Å². The molecule has 6 heteroatoms. The lowest BCUT2D eigenvalue weighted by Crippen LogP contribution is -2.45. The molecule has 1 aliphatic heterocycles. The summed E-state index contributed by atoms with van der Waals surface area (Å²) in [6.07, 6.45) is 6.45. The van der Waals surface area contributed by atoms with E-state index < -0.39 is 0 Å². The summed E-state index contributed by atoms with van der Waals surface area (Å²) in [6.45, 7) is 3.00. The first kappa shape index (κ1) is 16.6. The van der Waals surface area contributed by atoms with Gasteiger partial charge in [-0.2, -0.15) is 0 Å². The van der Waals surface area contributed by atoms with Crippen molar-refractivity contribution in [2.45, 2.75) is 37.6 Å². The molecule has 1 atom stereocenters. The maximum absolute atomic E-state index is 6.28. The van der Waals surface area contributed by atoms with Gasteiger partial charge in [0, 0.05) is 24.7 Å². The summed E-state index contributed by atoms with van der Waals surface area (Å²) in [4.78, 5) is 11.3. The van der Waals surface area contributed by atoms with Crippen LogP contribution in [0.4, 0.5) is 5.95 Å². The Hall–Kier alpha value is -1.85. The predicted octanol–water partition coefficient (Wildman–Crippen LogP) is 3.20. The highest BCUT2D eigenvalue weighted by Crippen LogP contribution is 2.44. The number of fused-ring (bicyclic) bond motifs is 2. The number of nitrogens with two attached hydrogens (primary N) is 1. The summed E-state index contributed by atoms with van der Waals surface area (Å²) in [5.74, 6) is 1.11.